The van der Waals surface area contributed by atoms with E-state index >= 15 is 0 Å². The minimum atomic E-state index is -4.32. The number of anilines is 1. The van der Waals surface area contributed by atoms with Crippen molar-refractivity contribution in [3.05, 3.63) is 36.0 Å². The van der Waals surface area contributed by atoms with Gasteiger partial charge >= 0.3 is 6.18 Å². The maximum Gasteiger partial charge on any atom is 0.416 e. The van der Waals surface area contributed by atoms with E-state index in [0.717, 1.165) is 42.9 Å². The Morgan fingerprint density at radius 2 is 1.89 bits per heavy atom. The number of fused-ring (bicyclic) bond motifs is 2. The molecule has 1 aromatic carbocycles. The number of rotatable bonds is 4. The zero-order chi connectivity index (χ0) is 18.9. The van der Waals surface area contributed by atoms with E-state index in [0.29, 0.717) is 11.2 Å². The Morgan fingerprint density at radius 3 is 2.70 bits per heavy atom. The number of aromatic nitrogens is 1. The summed E-state index contributed by atoms with van der Waals surface area (Å²) < 4.78 is 38.7. The number of nitrogens with zero attached hydrogens (tertiary/aromatic N) is 2. The molecule has 1 saturated heterocycles. The summed E-state index contributed by atoms with van der Waals surface area (Å²) in [7, 11) is 0. The molecule has 4 rings (SSSR count). The van der Waals surface area contributed by atoms with Gasteiger partial charge < -0.3 is 10.2 Å². The molecule has 2 atom stereocenters. The van der Waals surface area contributed by atoms with Crippen LogP contribution in [0.2, 0.25) is 0 Å². The van der Waals surface area contributed by atoms with Gasteiger partial charge in [-0.1, -0.05) is 25.3 Å². The third-order valence-corrected chi connectivity index (χ3v) is 6.19. The lowest BCUT2D eigenvalue weighted by atomic mass is 9.75. The van der Waals surface area contributed by atoms with Crippen molar-refractivity contribution in [1.29, 1.82) is 0 Å². The average molecular weight is 377 g/mol. The smallest absolute Gasteiger partial charge is 0.368 e. The molecule has 2 heterocycles. The monoisotopic (exact) mass is 377 g/mol. The average Bonchev–Trinajstić information content (AvgIpc) is 2.67. The van der Waals surface area contributed by atoms with E-state index in [4.69, 9.17) is 0 Å². The van der Waals surface area contributed by atoms with Crippen molar-refractivity contribution in [3.63, 3.8) is 0 Å². The van der Waals surface area contributed by atoms with Crippen molar-refractivity contribution < 1.29 is 13.2 Å². The highest BCUT2D eigenvalue weighted by Crippen LogP contribution is 2.36. The largest absolute Gasteiger partial charge is 0.416 e. The number of nitrogens with one attached hydrogen (secondary N) is 1. The molecule has 1 saturated carbocycles. The first kappa shape index (κ1) is 18.5. The number of likely N-dealkylation sites (tertiary alicyclic amines) is 1. The van der Waals surface area contributed by atoms with Crippen molar-refractivity contribution in [2.45, 2.75) is 38.3 Å². The topological polar surface area (TPSA) is 28.2 Å². The number of pyridine rings is 1. The zero-order valence-corrected chi connectivity index (χ0v) is 15.4. The van der Waals surface area contributed by atoms with Crippen LogP contribution >= 0.6 is 0 Å². The van der Waals surface area contributed by atoms with E-state index in [-0.39, 0.29) is 0 Å². The van der Waals surface area contributed by atoms with E-state index in [1.807, 2.05) is 0 Å². The molecule has 1 aliphatic carbocycles. The fraction of sp³-hybridized carbons (Fsp3) is 0.571. The fourth-order valence-electron chi connectivity index (χ4n) is 4.71. The predicted molar refractivity (Wildman–Crippen MR) is 102 cm³/mol. The molecule has 2 aliphatic rings. The molecule has 3 nitrogen and oxygen atoms in total. The summed E-state index contributed by atoms with van der Waals surface area (Å²) in [5.74, 6) is 2.43. The second-order valence-electron chi connectivity index (χ2n) is 7.91. The molecule has 1 aromatic heterocycles. The number of hydrogen-bond donors (Lipinski definition) is 1. The summed E-state index contributed by atoms with van der Waals surface area (Å²) in [5, 5.41) is 4.62. The van der Waals surface area contributed by atoms with Crippen LogP contribution in [0.1, 0.15) is 37.7 Å². The molecule has 0 spiro atoms. The summed E-state index contributed by atoms with van der Waals surface area (Å²) >= 11 is 0. The molecule has 0 amide bonds. The Labute approximate surface area is 158 Å². The third-order valence-electron chi connectivity index (χ3n) is 6.19. The highest BCUT2D eigenvalue weighted by atomic mass is 19.4. The molecule has 27 heavy (non-hydrogen) atoms. The maximum atomic E-state index is 12.9. The van der Waals surface area contributed by atoms with Crippen molar-refractivity contribution in [3.8, 4) is 0 Å². The first-order valence-corrected chi connectivity index (χ1v) is 9.93. The molecule has 2 unspecified atom stereocenters. The van der Waals surface area contributed by atoms with Crippen LogP contribution in [0.4, 0.5) is 19.0 Å². The molecule has 0 radical (unpaired) electrons. The lowest BCUT2D eigenvalue weighted by Gasteiger charge is -2.41. The van der Waals surface area contributed by atoms with Crippen LogP contribution in [0.5, 0.6) is 0 Å². The van der Waals surface area contributed by atoms with Crippen LogP contribution in [0.25, 0.3) is 10.8 Å². The molecular formula is C21H26F3N3. The number of piperidine rings is 1. The van der Waals surface area contributed by atoms with E-state index in [2.05, 4.69) is 15.2 Å². The van der Waals surface area contributed by atoms with Gasteiger partial charge in [0.1, 0.15) is 5.82 Å². The maximum absolute atomic E-state index is 12.9. The van der Waals surface area contributed by atoms with Crippen LogP contribution in [0.15, 0.2) is 30.5 Å². The van der Waals surface area contributed by atoms with Gasteiger partial charge in [0.25, 0.3) is 0 Å². The number of benzene rings is 1. The first-order valence-electron chi connectivity index (χ1n) is 9.93. The van der Waals surface area contributed by atoms with Crippen molar-refractivity contribution in [2.75, 3.05) is 31.5 Å². The van der Waals surface area contributed by atoms with Gasteiger partial charge in [0.15, 0.2) is 0 Å². The first-order chi connectivity index (χ1) is 13.0. The third kappa shape index (κ3) is 4.21. The van der Waals surface area contributed by atoms with Crippen molar-refractivity contribution in [1.82, 2.24) is 9.88 Å². The number of hydrogen-bond acceptors (Lipinski definition) is 3. The van der Waals surface area contributed by atoms with E-state index in [1.54, 1.807) is 12.3 Å². The molecule has 1 aliphatic heterocycles. The molecule has 0 bridgehead atoms. The van der Waals surface area contributed by atoms with Crippen LogP contribution in [0.3, 0.4) is 0 Å². The van der Waals surface area contributed by atoms with Crippen molar-refractivity contribution in [2.24, 2.45) is 11.8 Å². The fourth-order valence-corrected chi connectivity index (χ4v) is 4.71. The summed E-state index contributed by atoms with van der Waals surface area (Å²) in [6.45, 7) is 4.04. The summed E-state index contributed by atoms with van der Waals surface area (Å²) in [5.41, 5.74) is -0.623. The van der Waals surface area contributed by atoms with E-state index < -0.39 is 11.7 Å². The highest BCUT2D eigenvalue weighted by molar-refractivity contribution is 5.92. The Kier molecular flexibility index (Phi) is 5.26. The lowest BCUT2D eigenvalue weighted by molar-refractivity contribution is -0.137. The molecule has 2 aromatic rings. The van der Waals surface area contributed by atoms with Gasteiger partial charge in [-0.3, -0.25) is 0 Å². The van der Waals surface area contributed by atoms with Gasteiger partial charge in [0.05, 0.1) is 5.56 Å². The predicted octanol–water partition coefficient (Wildman–Crippen LogP) is 5.18. The molecule has 2 fully saturated rings. The normalized spacial score (nSPS) is 24.0. The Hall–Kier alpha value is -1.82. The minimum absolute atomic E-state index is 0.561. The summed E-state index contributed by atoms with van der Waals surface area (Å²) in [4.78, 5) is 6.86. The SMILES string of the molecule is FC(F)(F)c1ccc2c(NCCN3CCC4CCCCC4C3)nccc2c1. The standard InChI is InChI=1S/C21H26F3N3/c22-21(23,24)18-5-6-19-16(13-18)7-9-25-20(19)26-10-12-27-11-8-15-3-1-2-4-17(15)14-27/h5-7,9,13,15,17H,1-4,8,10-12,14H2,(H,25,26). The molecule has 1 N–H and O–H groups in total. The molecule has 146 valence electrons. The van der Waals surface area contributed by atoms with Crippen LogP contribution in [-0.2, 0) is 6.18 Å². The quantitative estimate of drug-likeness (QED) is 0.796. The van der Waals surface area contributed by atoms with Crippen LogP contribution in [-0.4, -0.2) is 36.1 Å². The molecule has 6 heteroatoms. The van der Waals surface area contributed by atoms with Gasteiger partial charge in [-0.15, -0.1) is 0 Å². The van der Waals surface area contributed by atoms with Crippen LogP contribution in [0, 0.1) is 11.8 Å². The highest BCUT2D eigenvalue weighted by Gasteiger charge is 2.31. The second-order valence-corrected chi connectivity index (χ2v) is 7.91. The van der Waals surface area contributed by atoms with Crippen molar-refractivity contribution >= 4 is 16.6 Å². The van der Waals surface area contributed by atoms with E-state index in [1.165, 1.54) is 50.8 Å². The van der Waals surface area contributed by atoms with Gasteiger partial charge in [-0.05, 0) is 54.8 Å². The lowest BCUT2D eigenvalue weighted by Crippen LogP contribution is -2.43. The Bertz CT molecular complexity index is 790. The number of alkyl halides is 3. The molecular weight excluding hydrogens is 351 g/mol. The van der Waals surface area contributed by atoms with E-state index in [9.17, 15) is 13.2 Å². The van der Waals surface area contributed by atoms with Gasteiger partial charge in [-0.2, -0.15) is 13.2 Å². The van der Waals surface area contributed by atoms with Gasteiger partial charge in [-0.25, -0.2) is 4.98 Å². The zero-order valence-electron chi connectivity index (χ0n) is 15.4. The minimum Gasteiger partial charge on any atom is -0.368 e. The van der Waals surface area contributed by atoms with Crippen LogP contribution < -0.4 is 5.32 Å². The second kappa shape index (κ2) is 7.66. The van der Waals surface area contributed by atoms with Gasteiger partial charge in [0.2, 0.25) is 0 Å². The Balaban J connectivity index is 1.37. The number of halogens is 3. The van der Waals surface area contributed by atoms with Gasteiger partial charge in [0, 0.05) is 31.2 Å². The Morgan fingerprint density at radius 1 is 1.07 bits per heavy atom. The summed E-state index contributed by atoms with van der Waals surface area (Å²) in [6.07, 6.45) is 4.07. The summed E-state index contributed by atoms with van der Waals surface area (Å²) in [6, 6.07) is 5.46.